The topological polar surface area (TPSA) is 129 Å². The molecule has 0 bridgehead atoms. The maximum absolute atomic E-state index is 9.68. The highest BCUT2D eigenvalue weighted by Crippen LogP contribution is 2.37. The van der Waals surface area contributed by atoms with Crippen LogP contribution in [0.25, 0.3) is 22.4 Å². The van der Waals surface area contributed by atoms with Crippen molar-refractivity contribution in [3.8, 4) is 17.1 Å². The molecule has 3 aromatic heterocycles. The van der Waals surface area contributed by atoms with Crippen molar-refractivity contribution in [2.24, 2.45) is 12.8 Å². The molecule has 5 rings (SSSR count). The van der Waals surface area contributed by atoms with Crippen LogP contribution in [0.3, 0.4) is 0 Å². The largest absolute Gasteiger partial charge is 0.491 e. The average molecular weight is 435 g/mol. The Morgan fingerprint density at radius 2 is 2.16 bits per heavy atom. The number of aliphatic hydroxyl groups excluding tert-OH is 1. The minimum absolute atomic E-state index is 0.130. The molecule has 1 saturated carbocycles. The van der Waals surface area contributed by atoms with E-state index in [9.17, 15) is 5.11 Å². The van der Waals surface area contributed by atoms with Gasteiger partial charge >= 0.3 is 0 Å². The molecule has 3 heterocycles. The van der Waals surface area contributed by atoms with Crippen molar-refractivity contribution in [1.29, 1.82) is 0 Å². The van der Waals surface area contributed by atoms with Crippen LogP contribution in [0, 0.1) is 0 Å². The molecular formula is C22H26N8O2. The molecular weight excluding hydrogens is 408 g/mol. The Morgan fingerprint density at radius 3 is 2.91 bits per heavy atom. The molecule has 1 atom stereocenters. The molecule has 1 aliphatic carbocycles. The summed E-state index contributed by atoms with van der Waals surface area (Å²) in [4.78, 5) is 9.65. The first-order valence-corrected chi connectivity index (χ1v) is 10.7. The van der Waals surface area contributed by atoms with Gasteiger partial charge in [0.15, 0.2) is 11.5 Å². The number of hydrogen-bond donors (Lipinski definition) is 3. The van der Waals surface area contributed by atoms with E-state index in [0.717, 1.165) is 35.1 Å². The normalized spacial score (nSPS) is 14.6. The lowest BCUT2D eigenvalue weighted by Crippen LogP contribution is -2.26. The zero-order chi connectivity index (χ0) is 22.1. The molecule has 10 heteroatoms. The van der Waals surface area contributed by atoms with E-state index in [2.05, 4.69) is 15.5 Å². The lowest BCUT2D eigenvalue weighted by Gasteiger charge is -2.12. The molecule has 0 spiro atoms. The zero-order valence-corrected chi connectivity index (χ0v) is 17.8. The third-order valence-electron chi connectivity index (χ3n) is 5.36. The highest BCUT2D eigenvalue weighted by atomic mass is 16.5. The number of anilines is 1. The van der Waals surface area contributed by atoms with Crippen LogP contribution in [0.2, 0.25) is 0 Å². The summed E-state index contributed by atoms with van der Waals surface area (Å²) < 4.78 is 9.44. The molecule has 4 aromatic rings. The molecule has 1 unspecified atom stereocenters. The number of benzene rings is 1. The third-order valence-corrected chi connectivity index (χ3v) is 5.36. The summed E-state index contributed by atoms with van der Waals surface area (Å²) in [5, 5.41) is 23.0. The van der Waals surface area contributed by atoms with Crippen molar-refractivity contribution in [2.75, 3.05) is 18.5 Å². The molecule has 0 aliphatic heterocycles. The predicted molar refractivity (Wildman–Crippen MR) is 120 cm³/mol. The van der Waals surface area contributed by atoms with E-state index in [0.29, 0.717) is 30.0 Å². The number of nitrogens with zero attached hydrogens (tertiary/aromatic N) is 6. The van der Waals surface area contributed by atoms with Gasteiger partial charge in [0.25, 0.3) is 0 Å². The number of aromatic nitrogens is 6. The number of hydrogen-bond acceptors (Lipinski definition) is 8. The van der Waals surface area contributed by atoms with E-state index in [-0.39, 0.29) is 13.2 Å². The van der Waals surface area contributed by atoms with E-state index in [1.165, 1.54) is 0 Å². The fourth-order valence-corrected chi connectivity index (χ4v) is 3.49. The van der Waals surface area contributed by atoms with Gasteiger partial charge in [0, 0.05) is 25.4 Å². The molecule has 1 fully saturated rings. The predicted octanol–water partition coefficient (Wildman–Crippen LogP) is 1.87. The second-order valence-electron chi connectivity index (χ2n) is 8.02. The molecule has 0 radical (unpaired) electrons. The van der Waals surface area contributed by atoms with Crippen LogP contribution in [0.1, 0.15) is 24.6 Å². The van der Waals surface area contributed by atoms with E-state index in [1.807, 2.05) is 54.5 Å². The van der Waals surface area contributed by atoms with Gasteiger partial charge in [-0.2, -0.15) is 10.2 Å². The Balaban J connectivity index is 1.49. The van der Waals surface area contributed by atoms with Gasteiger partial charge < -0.3 is 20.9 Å². The van der Waals surface area contributed by atoms with Crippen LogP contribution < -0.4 is 15.8 Å². The Hall–Kier alpha value is -3.50. The monoisotopic (exact) mass is 434 g/mol. The smallest absolute Gasteiger partial charge is 0.164 e. The standard InChI is InChI=1S/C22H26N8O2/c1-29-8-7-15(28-29)11-24-21-19-12-25-30(16-5-6-16)22(19)27-20(26-21)14-3-2-4-18(9-14)32-13-17(31)10-23/h2-4,7-9,12,16-17,31H,5-6,10-11,13,23H2,1H3,(H,24,26,27). The first-order chi connectivity index (χ1) is 15.6. The van der Waals surface area contributed by atoms with Gasteiger partial charge in [-0.15, -0.1) is 0 Å². The quantitative estimate of drug-likeness (QED) is 0.364. The van der Waals surface area contributed by atoms with E-state index < -0.39 is 6.10 Å². The van der Waals surface area contributed by atoms with E-state index >= 15 is 0 Å². The number of fused-ring (bicyclic) bond motifs is 1. The van der Waals surface area contributed by atoms with Crippen LogP contribution in [0.5, 0.6) is 5.75 Å². The van der Waals surface area contributed by atoms with Gasteiger partial charge in [-0.25, -0.2) is 14.6 Å². The molecule has 0 amide bonds. The van der Waals surface area contributed by atoms with Gasteiger partial charge in [-0.1, -0.05) is 12.1 Å². The van der Waals surface area contributed by atoms with Crippen LogP contribution in [0.15, 0.2) is 42.7 Å². The average Bonchev–Trinajstić information content (AvgIpc) is 3.43. The second kappa shape index (κ2) is 8.56. The van der Waals surface area contributed by atoms with Crippen molar-refractivity contribution >= 4 is 16.9 Å². The summed E-state index contributed by atoms with van der Waals surface area (Å²) in [5.41, 5.74) is 8.01. The Morgan fingerprint density at radius 1 is 1.28 bits per heavy atom. The highest BCUT2D eigenvalue weighted by Gasteiger charge is 2.27. The molecule has 0 saturated heterocycles. The number of nitrogens with two attached hydrogens (primary N) is 1. The van der Waals surface area contributed by atoms with Gasteiger partial charge in [-0.3, -0.25) is 4.68 Å². The van der Waals surface area contributed by atoms with E-state index in [1.54, 1.807) is 4.68 Å². The van der Waals surface area contributed by atoms with Gasteiger partial charge in [0.2, 0.25) is 0 Å². The van der Waals surface area contributed by atoms with Crippen molar-refractivity contribution < 1.29 is 9.84 Å². The first kappa shape index (κ1) is 20.4. The fourth-order valence-electron chi connectivity index (χ4n) is 3.49. The summed E-state index contributed by atoms with van der Waals surface area (Å²) in [7, 11) is 1.89. The van der Waals surface area contributed by atoms with Crippen molar-refractivity contribution in [1.82, 2.24) is 29.5 Å². The molecule has 10 nitrogen and oxygen atoms in total. The number of aryl methyl sites for hydroxylation is 1. The summed E-state index contributed by atoms with van der Waals surface area (Å²) in [6.07, 6.45) is 5.25. The van der Waals surface area contributed by atoms with Crippen LogP contribution in [-0.4, -0.2) is 53.9 Å². The van der Waals surface area contributed by atoms with Crippen molar-refractivity contribution in [3.63, 3.8) is 0 Å². The van der Waals surface area contributed by atoms with Crippen molar-refractivity contribution in [2.45, 2.75) is 31.5 Å². The molecule has 1 aromatic carbocycles. The second-order valence-corrected chi connectivity index (χ2v) is 8.02. The zero-order valence-electron chi connectivity index (χ0n) is 17.8. The van der Waals surface area contributed by atoms with Gasteiger partial charge in [-0.05, 0) is 31.0 Å². The maximum Gasteiger partial charge on any atom is 0.164 e. The minimum Gasteiger partial charge on any atom is -0.491 e. The molecule has 1 aliphatic rings. The SMILES string of the molecule is Cn1ccc(CNc2nc(-c3cccc(OCC(O)CN)c3)nc3c2cnn3C2CC2)n1. The summed E-state index contributed by atoms with van der Waals surface area (Å²) in [6.45, 7) is 0.822. The Kier molecular flexibility index (Phi) is 5.46. The summed E-state index contributed by atoms with van der Waals surface area (Å²) in [6, 6.07) is 9.88. The van der Waals surface area contributed by atoms with Crippen LogP contribution in [-0.2, 0) is 13.6 Å². The van der Waals surface area contributed by atoms with Gasteiger partial charge in [0.1, 0.15) is 24.3 Å². The Bertz CT molecular complexity index is 1230. The van der Waals surface area contributed by atoms with Crippen molar-refractivity contribution in [3.05, 3.63) is 48.4 Å². The lowest BCUT2D eigenvalue weighted by atomic mass is 10.2. The maximum atomic E-state index is 9.68. The minimum atomic E-state index is -0.707. The van der Waals surface area contributed by atoms with E-state index in [4.69, 9.17) is 20.4 Å². The van der Waals surface area contributed by atoms with Gasteiger partial charge in [0.05, 0.1) is 29.9 Å². The fraction of sp³-hybridized carbons (Fsp3) is 0.364. The molecule has 166 valence electrons. The number of nitrogens with one attached hydrogen (secondary N) is 1. The lowest BCUT2D eigenvalue weighted by molar-refractivity contribution is 0.114. The summed E-state index contributed by atoms with van der Waals surface area (Å²) >= 11 is 0. The first-order valence-electron chi connectivity index (χ1n) is 10.7. The number of ether oxygens (including phenoxy) is 1. The molecule has 4 N–H and O–H groups in total. The van der Waals surface area contributed by atoms with Crippen LogP contribution in [0.4, 0.5) is 5.82 Å². The molecule has 32 heavy (non-hydrogen) atoms. The number of rotatable bonds is 9. The highest BCUT2D eigenvalue weighted by molar-refractivity contribution is 5.88. The third kappa shape index (κ3) is 4.27. The number of aliphatic hydroxyl groups is 1. The summed E-state index contributed by atoms with van der Waals surface area (Å²) in [5.74, 6) is 1.91. The van der Waals surface area contributed by atoms with Crippen LogP contribution >= 0.6 is 0 Å². The Labute approximate surface area is 185 Å².